The maximum atomic E-state index is 13.1. The Labute approximate surface area is 173 Å². The highest BCUT2D eigenvalue weighted by Gasteiger charge is 2.33. The fourth-order valence-electron chi connectivity index (χ4n) is 4.78. The van der Waals surface area contributed by atoms with Crippen LogP contribution in [0.3, 0.4) is 0 Å². The number of amides is 1. The number of quaternary nitrogens is 1. The van der Waals surface area contributed by atoms with Gasteiger partial charge in [0.1, 0.15) is 0 Å². The predicted molar refractivity (Wildman–Crippen MR) is 109 cm³/mol. The van der Waals surface area contributed by atoms with Crippen molar-refractivity contribution in [3.8, 4) is 0 Å². The van der Waals surface area contributed by atoms with E-state index < -0.39 is 10.0 Å². The summed E-state index contributed by atoms with van der Waals surface area (Å²) < 4.78 is 33.4. The van der Waals surface area contributed by atoms with Crippen molar-refractivity contribution in [2.75, 3.05) is 45.8 Å². The normalized spacial score (nSPS) is 26.5. The highest BCUT2D eigenvalue weighted by atomic mass is 32.2. The largest absolute Gasteiger partial charge is 0.372 e. The van der Waals surface area contributed by atoms with Crippen molar-refractivity contribution < 1.29 is 22.8 Å². The van der Waals surface area contributed by atoms with E-state index in [1.807, 2.05) is 30.9 Å². The van der Waals surface area contributed by atoms with Gasteiger partial charge in [-0.25, -0.2) is 8.42 Å². The van der Waals surface area contributed by atoms with E-state index in [9.17, 15) is 13.2 Å². The van der Waals surface area contributed by atoms with Gasteiger partial charge in [-0.2, -0.15) is 4.31 Å². The SMILES string of the molecule is C[C@H]1CN(C(=O)C[NH+]2CCN(S(=O)(=O)c3ccc4c(c3)CCC4)CC2)C[C@H](C)O1. The molecule has 1 N–H and O–H groups in total. The highest BCUT2D eigenvalue weighted by molar-refractivity contribution is 7.89. The Bertz CT molecular complexity index is 855. The van der Waals surface area contributed by atoms with Crippen molar-refractivity contribution in [2.45, 2.75) is 50.2 Å². The molecule has 2 aliphatic heterocycles. The molecular formula is C21H32N3O4S+. The summed E-state index contributed by atoms with van der Waals surface area (Å²) in [6.45, 7) is 7.90. The number of aryl methyl sites for hydroxylation is 2. The molecule has 0 bridgehead atoms. The summed E-state index contributed by atoms with van der Waals surface area (Å²) in [5.41, 5.74) is 2.46. The number of sulfonamides is 1. The smallest absolute Gasteiger partial charge is 0.277 e. The van der Waals surface area contributed by atoms with Gasteiger partial charge >= 0.3 is 0 Å². The van der Waals surface area contributed by atoms with Crippen molar-refractivity contribution in [3.05, 3.63) is 29.3 Å². The molecule has 160 valence electrons. The molecule has 0 spiro atoms. The number of nitrogens with one attached hydrogen (secondary N) is 1. The van der Waals surface area contributed by atoms with Gasteiger partial charge in [0.05, 0.1) is 43.3 Å². The van der Waals surface area contributed by atoms with E-state index in [2.05, 4.69) is 0 Å². The number of carbonyl (C=O) groups excluding carboxylic acids is 1. The molecule has 1 aliphatic carbocycles. The number of piperazine rings is 1. The lowest BCUT2D eigenvalue weighted by Crippen LogP contribution is -3.15. The maximum Gasteiger partial charge on any atom is 0.277 e. The van der Waals surface area contributed by atoms with Gasteiger partial charge in [-0.15, -0.1) is 0 Å². The van der Waals surface area contributed by atoms with Gasteiger partial charge in [0.2, 0.25) is 10.0 Å². The Morgan fingerprint density at radius 2 is 1.76 bits per heavy atom. The third kappa shape index (κ3) is 4.50. The molecule has 0 radical (unpaired) electrons. The standard InChI is InChI=1S/C21H31N3O4S/c1-16-13-23(14-17(2)28-16)21(25)15-22-8-10-24(11-9-22)29(26,27)20-7-6-18-4-3-5-19(18)12-20/h6-7,12,16-17H,3-5,8-11,13-15H2,1-2H3/p+1/t16-,17-/m0/s1. The van der Waals surface area contributed by atoms with E-state index in [1.54, 1.807) is 10.4 Å². The second kappa shape index (κ2) is 8.34. The summed E-state index contributed by atoms with van der Waals surface area (Å²) in [5.74, 6) is 0.136. The first kappa shape index (κ1) is 20.8. The molecule has 0 saturated carbocycles. The number of carbonyl (C=O) groups is 1. The first-order valence-electron chi connectivity index (χ1n) is 10.7. The number of hydrogen-bond acceptors (Lipinski definition) is 4. The molecule has 7 nitrogen and oxygen atoms in total. The van der Waals surface area contributed by atoms with E-state index >= 15 is 0 Å². The fourth-order valence-corrected chi connectivity index (χ4v) is 6.28. The van der Waals surface area contributed by atoms with Gasteiger partial charge in [0.25, 0.3) is 5.91 Å². The minimum Gasteiger partial charge on any atom is -0.372 e. The summed E-state index contributed by atoms with van der Waals surface area (Å²) in [5, 5.41) is 0. The lowest BCUT2D eigenvalue weighted by Gasteiger charge is -2.37. The van der Waals surface area contributed by atoms with Gasteiger partial charge in [-0.3, -0.25) is 4.79 Å². The summed E-state index contributed by atoms with van der Waals surface area (Å²) >= 11 is 0. The Morgan fingerprint density at radius 3 is 2.45 bits per heavy atom. The van der Waals surface area contributed by atoms with Crippen LogP contribution >= 0.6 is 0 Å². The zero-order chi connectivity index (χ0) is 20.6. The predicted octanol–water partition coefficient (Wildman–Crippen LogP) is -0.300. The summed E-state index contributed by atoms with van der Waals surface area (Å²) in [6.07, 6.45) is 3.25. The van der Waals surface area contributed by atoms with Gasteiger partial charge < -0.3 is 14.5 Å². The van der Waals surface area contributed by atoms with Crippen LogP contribution < -0.4 is 4.90 Å². The molecule has 3 aliphatic rings. The van der Waals surface area contributed by atoms with Crippen LogP contribution in [0, 0.1) is 0 Å². The number of nitrogens with zero attached hydrogens (tertiary/aromatic N) is 2. The molecule has 1 amide bonds. The molecule has 2 fully saturated rings. The van der Waals surface area contributed by atoms with Crippen LogP contribution in [0.2, 0.25) is 0 Å². The van der Waals surface area contributed by atoms with Gasteiger partial charge in [0, 0.05) is 13.1 Å². The van der Waals surface area contributed by atoms with E-state index in [-0.39, 0.29) is 18.1 Å². The van der Waals surface area contributed by atoms with E-state index in [4.69, 9.17) is 4.74 Å². The highest BCUT2D eigenvalue weighted by Crippen LogP contribution is 2.26. The zero-order valence-corrected chi connectivity index (χ0v) is 18.2. The van der Waals surface area contributed by atoms with Crippen LogP contribution in [-0.4, -0.2) is 81.6 Å². The average Bonchev–Trinajstić information content (AvgIpc) is 3.15. The maximum absolute atomic E-state index is 13.1. The van der Waals surface area contributed by atoms with Crippen LogP contribution in [0.1, 0.15) is 31.4 Å². The number of rotatable bonds is 4. The van der Waals surface area contributed by atoms with Crippen LogP contribution in [0.5, 0.6) is 0 Å². The molecule has 29 heavy (non-hydrogen) atoms. The number of fused-ring (bicyclic) bond motifs is 1. The second-order valence-electron chi connectivity index (χ2n) is 8.67. The second-order valence-corrected chi connectivity index (χ2v) is 10.6. The monoisotopic (exact) mass is 422 g/mol. The molecular weight excluding hydrogens is 390 g/mol. The molecule has 2 heterocycles. The van der Waals surface area contributed by atoms with Gasteiger partial charge in [-0.1, -0.05) is 6.07 Å². The molecule has 0 aromatic heterocycles. The van der Waals surface area contributed by atoms with E-state index in [1.165, 1.54) is 11.1 Å². The van der Waals surface area contributed by atoms with Crippen molar-refractivity contribution in [3.63, 3.8) is 0 Å². The van der Waals surface area contributed by atoms with E-state index in [0.717, 1.165) is 24.2 Å². The Balaban J connectivity index is 1.33. The Hall–Kier alpha value is -1.48. The van der Waals surface area contributed by atoms with Crippen molar-refractivity contribution in [2.24, 2.45) is 0 Å². The molecule has 1 aromatic carbocycles. The number of morpholine rings is 1. The summed E-state index contributed by atoms with van der Waals surface area (Å²) in [7, 11) is -3.46. The van der Waals surface area contributed by atoms with Crippen LogP contribution in [-0.2, 0) is 32.4 Å². The van der Waals surface area contributed by atoms with Crippen molar-refractivity contribution in [1.82, 2.24) is 9.21 Å². The molecule has 8 heteroatoms. The van der Waals surface area contributed by atoms with Gasteiger partial charge in [-0.05, 0) is 56.4 Å². The zero-order valence-electron chi connectivity index (χ0n) is 17.4. The third-order valence-electron chi connectivity index (χ3n) is 6.31. The fraction of sp³-hybridized carbons (Fsp3) is 0.667. The number of hydrogen-bond donors (Lipinski definition) is 1. The molecule has 4 rings (SSSR count). The summed E-state index contributed by atoms with van der Waals surface area (Å²) in [4.78, 5) is 16.1. The summed E-state index contributed by atoms with van der Waals surface area (Å²) in [6, 6.07) is 5.59. The van der Waals surface area contributed by atoms with Crippen LogP contribution in [0.25, 0.3) is 0 Å². The Kier molecular flexibility index (Phi) is 5.97. The molecule has 1 aromatic rings. The quantitative estimate of drug-likeness (QED) is 0.723. The topological polar surface area (TPSA) is 71.4 Å². The molecule has 2 atom stereocenters. The minimum absolute atomic E-state index is 0.0620. The lowest BCUT2D eigenvalue weighted by atomic mass is 10.1. The van der Waals surface area contributed by atoms with Crippen molar-refractivity contribution >= 4 is 15.9 Å². The minimum atomic E-state index is -3.46. The molecule has 2 saturated heterocycles. The van der Waals surface area contributed by atoms with Crippen molar-refractivity contribution in [1.29, 1.82) is 0 Å². The number of ether oxygens (including phenoxy) is 1. The van der Waals surface area contributed by atoms with Crippen LogP contribution in [0.4, 0.5) is 0 Å². The average molecular weight is 423 g/mol. The lowest BCUT2D eigenvalue weighted by molar-refractivity contribution is -0.896. The molecule has 0 unspecified atom stereocenters. The van der Waals surface area contributed by atoms with E-state index in [0.29, 0.717) is 50.7 Å². The first-order chi connectivity index (χ1) is 13.8. The first-order valence-corrected chi connectivity index (χ1v) is 12.2. The van der Waals surface area contributed by atoms with Gasteiger partial charge in [0.15, 0.2) is 6.54 Å². The number of benzene rings is 1. The van der Waals surface area contributed by atoms with Crippen LogP contribution in [0.15, 0.2) is 23.1 Å². The Morgan fingerprint density at radius 1 is 1.10 bits per heavy atom. The third-order valence-corrected chi connectivity index (χ3v) is 8.21.